The van der Waals surface area contributed by atoms with Crippen molar-refractivity contribution in [2.45, 2.75) is 62.5 Å². The van der Waals surface area contributed by atoms with Gasteiger partial charge in [-0.1, -0.05) is 31.4 Å². The molecule has 2 aliphatic rings. The quantitative estimate of drug-likeness (QED) is 0.899. The second-order valence-electron chi connectivity index (χ2n) is 6.37. The van der Waals surface area contributed by atoms with E-state index in [9.17, 15) is 14.3 Å². The molecule has 2 atom stereocenters. The van der Waals surface area contributed by atoms with Gasteiger partial charge in [-0.05, 0) is 43.4 Å². The number of benzene rings is 1. The average molecular weight is 291 g/mol. The molecule has 1 aromatic carbocycles. The summed E-state index contributed by atoms with van der Waals surface area (Å²) in [5.41, 5.74) is 0.364. The van der Waals surface area contributed by atoms with Crippen LogP contribution < -0.4 is 5.32 Å². The summed E-state index contributed by atoms with van der Waals surface area (Å²) in [5.74, 6) is -0.289. The van der Waals surface area contributed by atoms with E-state index in [1.165, 1.54) is 12.1 Å². The summed E-state index contributed by atoms with van der Waals surface area (Å²) in [6.07, 6.45) is 5.84. The predicted molar refractivity (Wildman–Crippen MR) is 78.3 cm³/mol. The Hall–Kier alpha value is -1.42. The summed E-state index contributed by atoms with van der Waals surface area (Å²) in [6.45, 7) is 0. The molecule has 0 heterocycles. The van der Waals surface area contributed by atoms with E-state index in [0.29, 0.717) is 0 Å². The summed E-state index contributed by atoms with van der Waals surface area (Å²) in [4.78, 5) is 12.7. The SMILES string of the molecule is O=C(NC1CCCCC1O)C1(c2ccc(F)cc2)CCC1. The van der Waals surface area contributed by atoms with E-state index in [1.807, 2.05) is 0 Å². The standard InChI is InChI=1S/C17H22FNO2/c18-13-8-6-12(7-9-13)17(10-3-11-17)16(21)19-14-4-1-2-5-15(14)20/h6-9,14-15,20H,1-5,10-11H2,(H,19,21). The van der Waals surface area contributed by atoms with Crippen molar-refractivity contribution in [1.82, 2.24) is 5.32 Å². The van der Waals surface area contributed by atoms with Crippen LogP contribution in [0.3, 0.4) is 0 Å². The molecule has 2 N–H and O–H groups in total. The van der Waals surface area contributed by atoms with Gasteiger partial charge >= 0.3 is 0 Å². The monoisotopic (exact) mass is 291 g/mol. The number of carbonyl (C=O) groups is 1. The van der Waals surface area contributed by atoms with E-state index in [1.54, 1.807) is 12.1 Å². The van der Waals surface area contributed by atoms with Gasteiger partial charge in [0.2, 0.25) is 5.91 Å². The van der Waals surface area contributed by atoms with Crippen LogP contribution in [-0.4, -0.2) is 23.2 Å². The van der Waals surface area contributed by atoms with Crippen LogP contribution in [0.5, 0.6) is 0 Å². The van der Waals surface area contributed by atoms with E-state index in [-0.39, 0.29) is 17.8 Å². The van der Waals surface area contributed by atoms with Gasteiger partial charge in [0, 0.05) is 0 Å². The molecule has 1 aromatic rings. The summed E-state index contributed by atoms with van der Waals surface area (Å²) in [7, 11) is 0. The maximum Gasteiger partial charge on any atom is 0.230 e. The van der Waals surface area contributed by atoms with Gasteiger partial charge in [0.1, 0.15) is 5.82 Å². The zero-order valence-corrected chi connectivity index (χ0v) is 12.1. The zero-order chi connectivity index (χ0) is 14.9. The topological polar surface area (TPSA) is 49.3 Å². The lowest BCUT2D eigenvalue weighted by atomic mass is 9.63. The molecule has 0 spiro atoms. The molecule has 2 aliphatic carbocycles. The lowest BCUT2D eigenvalue weighted by Crippen LogP contribution is -2.55. The fourth-order valence-electron chi connectivity index (χ4n) is 3.53. The number of amides is 1. The number of aliphatic hydroxyl groups is 1. The maximum absolute atomic E-state index is 13.1. The molecule has 3 nitrogen and oxygen atoms in total. The molecule has 0 radical (unpaired) electrons. The number of rotatable bonds is 3. The second kappa shape index (κ2) is 5.76. The molecule has 2 saturated carbocycles. The minimum absolute atomic E-state index is 0.00805. The highest BCUT2D eigenvalue weighted by Gasteiger charge is 2.46. The minimum atomic E-state index is -0.523. The van der Waals surface area contributed by atoms with Crippen LogP contribution in [0, 0.1) is 5.82 Å². The molecule has 0 bridgehead atoms. The number of hydrogen-bond donors (Lipinski definition) is 2. The zero-order valence-electron chi connectivity index (χ0n) is 12.1. The highest BCUT2D eigenvalue weighted by Crippen LogP contribution is 2.44. The van der Waals surface area contributed by atoms with Gasteiger partial charge in [-0.2, -0.15) is 0 Å². The van der Waals surface area contributed by atoms with Crippen LogP contribution in [0.4, 0.5) is 4.39 Å². The van der Waals surface area contributed by atoms with Gasteiger partial charge in [-0.15, -0.1) is 0 Å². The lowest BCUT2D eigenvalue weighted by molar-refractivity contribution is -0.132. The highest BCUT2D eigenvalue weighted by molar-refractivity contribution is 5.89. The van der Waals surface area contributed by atoms with Crippen molar-refractivity contribution in [1.29, 1.82) is 0 Å². The Balaban J connectivity index is 1.76. The fourth-order valence-corrected chi connectivity index (χ4v) is 3.53. The predicted octanol–water partition coefficient (Wildman–Crippen LogP) is 2.67. The molecule has 21 heavy (non-hydrogen) atoms. The Morgan fingerprint density at radius 1 is 1.14 bits per heavy atom. The van der Waals surface area contributed by atoms with Crippen molar-refractivity contribution in [3.05, 3.63) is 35.6 Å². The first-order chi connectivity index (χ1) is 10.1. The maximum atomic E-state index is 13.1. The van der Waals surface area contributed by atoms with E-state index in [4.69, 9.17) is 0 Å². The Kier molecular flexibility index (Phi) is 3.98. The second-order valence-corrected chi connectivity index (χ2v) is 6.37. The van der Waals surface area contributed by atoms with E-state index in [2.05, 4.69) is 5.32 Å². The largest absolute Gasteiger partial charge is 0.391 e. The van der Waals surface area contributed by atoms with Gasteiger partial charge in [0.05, 0.1) is 17.6 Å². The van der Waals surface area contributed by atoms with Crippen molar-refractivity contribution in [3.8, 4) is 0 Å². The fraction of sp³-hybridized carbons (Fsp3) is 0.588. The first-order valence-electron chi connectivity index (χ1n) is 7.87. The highest BCUT2D eigenvalue weighted by atomic mass is 19.1. The first-order valence-corrected chi connectivity index (χ1v) is 7.87. The van der Waals surface area contributed by atoms with E-state index >= 15 is 0 Å². The molecule has 0 saturated heterocycles. The molecule has 3 rings (SSSR count). The Morgan fingerprint density at radius 3 is 2.38 bits per heavy atom. The summed E-state index contributed by atoms with van der Waals surface area (Å²) in [5, 5.41) is 13.1. The van der Waals surface area contributed by atoms with Crippen LogP contribution in [-0.2, 0) is 10.2 Å². The number of hydrogen-bond acceptors (Lipinski definition) is 2. The van der Waals surface area contributed by atoms with Gasteiger partial charge in [0.15, 0.2) is 0 Å². The normalized spacial score (nSPS) is 27.7. The minimum Gasteiger partial charge on any atom is -0.391 e. The third-order valence-corrected chi connectivity index (χ3v) is 5.08. The number of nitrogens with one attached hydrogen (secondary N) is 1. The Labute approximate surface area is 124 Å². The summed E-state index contributed by atoms with van der Waals surface area (Å²) < 4.78 is 13.1. The van der Waals surface area contributed by atoms with Gasteiger partial charge in [-0.25, -0.2) is 4.39 Å². The number of carbonyl (C=O) groups excluding carboxylic acids is 1. The Morgan fingerprint density at radius 2 is 1.81 bits per heavy atom. The lowest BCUT2D eigenvalue weighted by Gasteiger charge is -2.42. The van der Waals surface area contributed by atoms with Crippen molar-refractivity contribution >= 4 is 5.91 Å². The molecule has 4 heteroatoms. The van der Waals surface area contributed by atoms with Crippen molar-refractivity contribution < 1.29 is 14.3 Å². The third-order valence-electron chi connectivity index (χ3n) is 5.08. The van der Waals surface area contributed by atoms with Crippen molar-refractivity contribution in [3.63, 3.8) is 0 Å². The van der Waals surface area contributed by atoms with Gasteiger partial charge in [-0.3, -0.25) is 4.79 Å². The van der Waals surface area contributed by atoms with Gasteiger partial charge < -0.3 is 10.4 Å². The van der Waals surface area contributed by atoms with Crippen molar-refractivity contribution in [2.24, 2.45) is 0 Å². The molecule has 0 aromatic heterocycles. The van der Waals surface area contributed by atoms with E-state index in [0.717, 1.165) is 50.5 Å². The molecular formula is C17H22FNO2. The molecular weight excluding hydrogens is 269 g/mol. The first kappa shape index (κ1) is 14.5. The molecule has 2 unspecified atom stereocenters. The van der Waals surface area contributed by atoms with Crippen LogP contribution in [0.25, 0.3) is 0 Å². The molecule has 114 valence electrons. The Bertz CT molecular complexity index is 510. The number of aliphatic hydroxyl groups excluding tert-OH is 1. The number of halogens is 1. The summed E-state index contributed by atoms with van der Waals surface area (Å²) >= 11 is 0. The van der Waals surface area contributed by atoms with Crippen LogP contribution in [0.15, 0.2) is 24.3 Å². The molecule has 2 fully saturated rings. The molecule has 0 aliphatic heterocycles. The van der Waals surface area contributed by atoms with Crippen LogP contribution >= 0.6 is 0 Å². The third kappa shape index (κ3) is 2.69. The van der Waals surface area contributed by atoms with Crippen molar-refractivity contribution in [2.75, 3.05) is 0 Å². The molecule has 1 amide bonds. The van der Waals surface area contributed by atoms with E-state index < -0.39 is 11.5 Å². The summed E-state index contributed by atoms with van der Waals surface area (Å²) in [6, 6.07) is 6.12. The average Bonchev–Trinajstić information content (AvgIpc) is 2.42. The van der Waals surface area contributed by atoms with Crippen LogP contribution in [0.2, 0.25) is 0 Å². The smallest absolute Gasteiger partial charge is 0.230 e. The van der Waals surface area contributed by atoms with Crippen LogP contribution in [0.1, 0.15) is 50.5 Å². The van der Waals surface area contributed by atoms with Gasteiger partial charge in [0.25, 0.3) is 0 Å².